The van der Waals surface area contributed by atoms with Crippen LogP contribution >= 0.6 is 0 Å². The molecule has 1 aromatic carbocycles. The lowest BCUT2D eigenvalue weighted by Gasteiger charge is -2.00. The van der Waals surface area contributed by atoms with Crippen LogP contribution in [0.1, 0.15) is 23.2 Å². The highest BCUT2D eigenvalue weighted by atomic mass is 19.1. The minimum absolute atomic E-state index is 0.157. The van der Waals surface area contributed by atoms with Crippen molar-refractivity contribution in [3.05, 3.63) is 48.1 Å². The summed E-state index contributed by atoms with van der Waals surface area (Å²) in [4.78, 5) is 11.3. The van der Waals surface area contributed by atoms with Gasteiger partial charge in [-0.1, -0.05) is 6.08 Å². The van der Waals surface area contributed by atoms with E-state index in [0.717, 1.165) is 18.2 Å². The van der Waals surface area contributed by atoms with Crippen molar-refractivity contribution >= 4 is 5.78 Å². The molecule has 0 fully saturated rings. The van der Waals surface area contributed by atoms with Gasteiger partial charge in [-0.3, -0.25) is 4.79 Å². The molecule has 0 spiro atoms. The number of Topliss-reactive ketones (excluding diaryl/α,β-unsaturated/α-hetero) is 1. The van der Waals surface area contributed by atoms with E-state index in [1.807, 2.05) is 0 Å². The monoisotopic (exact) mass is 196 g/mol. The molecule has 0 bridgehead atoms. The molecule has 0 atom stereocenters. The van der Waals surface area contributed by atoms with E-state index >= 15 is 0 Å². The Morgan fingerprint density at radius 2 is 2.14 bits per heavy atom. The topological polar surface area (TPSA) is 17.1 Å². The summed E-state index contributed by atoms with van der Waals surface area (Å²) in [7, 11) is 0. The average Bonchev–Trinajstić information content (AvgIpc) is 2.18. The van der Waals surface area contributed by atoms with Gasteiger partial charge >= 0.3 is 0 Å². The van der Waals surface area contributed by atoms with Crippen molar-refractivity contribution < 1.29 is 13.6 Å². The fraction of sp³-hybridized carbons (Fsp3) is 0.182. The van der Waals surface area contributed by atoms with Crippen LogP contribution in [-0.2, 0) is 0 Å². The summed E-state index contributed by atoms with van der Waals surface area (Å²) in [6.07, 6.45) is 2.19. The Kier molecular flexibility index (Phi) is 3.51. The highest BCUT2D eigenvalue weighted by Gasteiger charge is 2.11. The summed E-state index contributed by atoms with van der Waals surface area (Å²) in [6.45, 7) is 3.45. The van der Waals surface area contributed by atoms with Gasteiger partial charge in [-0.15, -0.1) is 6.58 Å². The van der Waals surface area contributed by atoms with Crippen LogP contribution in [0.15, 0.2) is 30.9 Å². The van der Waals surface area contributed by atoms with E-state index in [0.29, 0.717) is 6.42 Å². The van der Waals surface area contributed by atoms with E-state index in [4.69, 9.17) is 0 Å². The van der Waals surface area contributed by atoms with Crippen molar-refractivity contribution in [1.82, 2.24) is 0 Å². The van der Waals surface area contributed by atoms with Crippen molar-refractivity contribution in [2.24, 2.45) is 0 Å². The second kappa shape index (κ2) is 4.65. The van der Waals surface area contributed by atoms with Gasteiger partial charge in [-0.25, -0.2) is 8.78 Å². The van der Waals surface area contributed by atoms with Gasteiger partial charge in [0.05, 0.1) is 5.56 Å². The van der Waals surface area contributed by atoms with Crippen molar-refractivity contribution in [2.75, 3.05) is 0 Å². The fourth-order valence-corrected chi connectivity index (χ4v) is 1.08. The number of allylic oxidation sites excluding steroid dienone is 1. The van der Waals surface area contributed by atoms with Crippen LogP contribution in [-0.4, -0.2) is 5.78 Å². The van der Waals surface area contributed by atoms with E-state index < -0.39 is 17.4 Å². The summed E-state index contributed by atoms with van der Waals surface area (Å²) in [5.41, 5.74) is -0.188. The third-order valence-corrected chi connectivity index (χ3v) is 1.80. The second-order valence-corrected chi connectivity index (χ2v) is 2.87. The lowest BCUT2D eigenvalue weighted by atomic mass is 10.1. The van der Waals surface area contributed by atoms with Crippen LogP contribution in [0.3, 0.4) is 0 Å². The van der Waals surface area contributed by atoms with Crippen LogP contribution in [0.5, 0.6) is 0 Å². The zero-order valence-corrected chi connectivity index (χ0v) is 7.59. The molecule has 1 rings (SSSR count). The molecule has 0 aliphatic heterocycles. The molecule has 3 heteroatoms. The summed E-state index contributed by atoms with van der Waals surface area (Å²) in [5.74, 6) is -1.68. The first-order valence-corrected chi connectivity index (χ1v) is 4.24. The molecular weight excluding hydrogens is 186 g/mol. The zero-order valence-electron chi connectivity index (χ0n) is 7.59. The summed E-state index contributed by atoms with van der Waals surface area (Å²) in [5, 5.41) is 0. The SMILES string of the molecule is C=CCCC(=O)c1cc(F)ccc1F. The zero-order chi connectivity index (χ0) is 10.6. The largest absolute Gasteiger partial charge is 0.294 e. The van der Waals surface area contributed by atoms with E-state index in [9.17, 15) is 13.6 Å². The molecular formula is C11H10F2O. The van der Waals surface area contributed by atoms with Gasteiger partial charge in [0.1, 0.15) is 11.6 Å². The number of carbonyl (C=O) groups is 1. The summed E-state index contributed by atoms with van der Waals surface area (Å²) in [6, 6.07) is 2.86. The van der Waals surface area contributed by atoms with E-state index in [-0.39, 0.29) is 12.0 Å². The first-order valence-electron chi connectivity index (χ1n) is 4.24. The maximum absolute atomic E-state index is 13.0. The smallest absolute Gasteiger partial charge is 0.166 e. The van der Waals surface area contributed by atoms with Gasteiger partial charge in [-0.05, 0) is 24.6 Å². The fourth-order valence-electron chi connectivity index (χ4n) is 1.08. The van der Waals surface area contributed by atoms with Crippen molar-refractivity contribution in [1.29, 1.82) is 0 Å². The first-order chi connectivity index (χ1) is 6.65. The quantitative estimate of drug-likeness (QED) is 0.534. The van der Waals surface area contributed by atoms with Gasteiger partial charge in [0.2, 0.25) is 0 Å². The number of benzene rings is 1. The van der Waals surface area contributed by atoms with E-state index in [2.05, 4.69) is 6.58 Å². The molecule has 14 heavy (non-hydrogen) atoms. The number of hydrogen-bond donors (Lipinski definition) is 0. The molecule has 0 saturated carbocycles. The molecule has 74 valence electrons. The molecule has 0 saturated heterocycles. The summed E-state index contributed by atoms with van der Waals surface area (Å²) < 4.78 is 25.7. The Hall–Kier alpha value is -1.51. The van der Waals surface area contributed by atoms with E-state index in [1.54, 1.807) is 6.08 Å². The molecule has 0 aliphatic carbocycles. The third-order valence-electron chi connectivity index (χ3n) is 1.80. The Morgan fingerprint density at radius 1 is 1.43 bits per heavy atom. The number of hydrogen-bond acceptors (Lipinski definition) is 1. The minimum atomic E-state index is -0.680. The Balaban J connectivity index is 2.88. The molecule has 0 radical (unpaired) electrons. The molecule has 1 nitrogen and oxygen atoms in total. The van der Waals surface area contributed by atoms with Crippen LogP contribution in [0.25, 0.3) is 0 Å². The van der Waals surface area contributed by atoms with Gasteiger partial charge in [0.25, 0.3) is 0 Å². The average molecular weight is 196 g/mol. The van der Waals surface area contributed by atoms with Gasteiger partial charge in [0, 0.05) is 6.42 Å². The van der Waals surface area contributed by atoms with E-state index in [1.165, 1.54) is 0 Å². The third kappa shape index (κ3) is 2.49. The predicted molar refractivity (Wildman–Crippen MR) is 50.1 cm³/mol. The maximum atomic E-state index is 13.0. The van der Waals surface area contributed by atoms with Gasteiger partial charge in [-0.2, -0.15) is 0 Å². The molecule has 0 aromatic heterocycles. The molecule has 1 aromatic rings. The molecule has 0 unspecified atom stereocenters. The predicted octanol–water partition coefficient (Wildman–Crippen LogP) is 3.11. The molecule has 0 aliphatic rings. The number of carbonyl (C=O) groups excluding carboxylic acids is 1. The second-order valence-electron chi connectivity index (χ2n) is 2.87. The lowest BCUT2D eigenvalue weighted by Crippen LogP contribution is -2.02. The first kappa shape index (κ1) is 10.6. The van der Waals surface area contributed by atoms with Crippen molar-refractivity contribution in [2.45, 2.75) is 12.8 Å². The Labute approximate surface area is 81.1 Å². The van der Waals surface area contributed by atoms with Crippen molar-refractivity contribution in [3.8, 4) is 0 Å². The maximum Gasteiger partial charge on any atom is 0.166 e. The normalized spacial score (nSPS) is 9.86. The van der Waals surface area contributed by atoms with Crippen LogP contribution in [0.2, 0.25) is 0 Å². The van der Waals surface area contributed by atoms with Crippen LogP contribution < -0.4 is 0 Å². The molecule has 0 N–H and O–H groups in total. The summed E-state index contributed by atoms with van der Waals surface area (Å²) >= 11 is 0. The Morgan fingerprint density at radius 3 is 2.79 bits per heavy atom. The van der Waals surface area contributed by atoms with Gasteiger partial charge in [0.15, 0.2) is 5.78 Å². The number of ketones is 1. The van der Waals surface area contributed by atoms with Crippen LogP contribution in [0.4, 0.5) is 8.78 Å². The molecule has 0 amide bonds. The highest BCUT2D eigenvalue weighted by molar-refractivity contribution is 5.96. The van der Waals surface area contributed by atoms with Crippen molar-refractivity contribution in [3.63, 3.8) is 0 Å². The lowest BCUT2D eigenvalue weighted by molar-refractivity contribution is 0.0979. The van der Waals surface area contributed by atoms with Crippen LogP contribution in [0, 0.1) is 11.6 Å². The Bertz CT molecular complexity index is 358. The molecule has 0 heterocycles. The standard InChI is InChI=1S/C11H10F2O/c1-2-3-4-11(14)9-7-8(12)5-6-10(9)13/h2,5-7H,1,3-4H2. The minimum Gasteiger partial charge on any atom is -0.294 e. The van der Waals surface area contributed by atoms with Gasteiger partial charge < -0.3 is 0 Å². The number of rotatable bonds is 4. The highest BCUT2D eigenvalue weighted by Crippen LogP contribution is 2.12. The number of halogens is 2.